The first-order valence-electron chi connectivity index (χ1n) is 7.82. The van der Waals surface area contributed by atoms with Crippen LogP contribution in [0.3, 0.4) is 0 Å². The number of likely N-dealkylation sites (tertiary alicyclic amines) is 1. The lowest BCUT2D eigenvalue weighted by Crippen LogP contribution is -2.52. The fraction of sp³-hybridized carbons (Fsp3) is 1.00. The molecular formula is C15H30N2O. The van der Waals surface area contributed by atoms with E-state index in [1.165, 1.54) is 38.8 Å². The third kappa shape index (κ3) is 3.94. The Balaban J connectivity index is 1.83. The monoisotopic (exact) mass is 254 g/mol. The predicted octanol–water partition coefficient (Wildman–Crippen LogP) is 1.86. The van der Waals surface area contributed by atoms with Crippen LogP contribution in [0.25, 0.3) is 0 Å². The second kappa shape index (κ2) is 6.88. The Bertz CT molecular complexity index is 241. The molecular weight excluding hydrogens is 224 g/mol. The number of hydrogen-bond donors (Lipinski definition) is 2. The summed E-state index contributed by atoms with van der Waals surface area (Å²) in [7, 11) is 0. The van der Waals surface area contributed by atoms with Crippen LogP contribution in [0, 0.1) is 11.8 Å². The highest BCUT2D eigenvalue weighted by atomic mass is 16.3. The molecule has 3 atom stereocenters. The zero-order valence-electron chi connectivity index (χ0n) is 12.1. The van der Waals surface area contributed by atoms with Gasteiger partial charge in [-0.15, -0.1) is 0 Å². The van der Waals surface area contributed by atoms with Gasteiger partial charge in [-0.1, -0.05) is 13.3 Å². The van der Waals surface area contributed by atoms with E-state index in [1.54, 1.807) is 0 Å². The number of nitrogens with one attached hydrogen (secondary N) is 1. The molecule has 0 aromatic carbocycles. The van der Waals surface area contributed by atoms with E-state index in [4.69, 9.17) is 0 Å². The molecule has 1 aliphatic heterocycles. The number of aliphatic hydroxyl groups excluding tert-OH is 1. The van der Waals surface area contributed by atoms with E-state index in [2.05, 4.69) is 17.1 Å². The molecule has 3 heteroatoms. The van der Waals surface area contributed by atoms with E-state index in [1.807, 2.05) is 6.92 Å². The van der Waals surface area contributed by atoms with E-state index in [-0.39, 0.29) is 6.10 Å². The molecule has 2 rings (SSSR count). The van der Waals surface area contributed by atoms with Crippen molar-refractivity contribution in [2.24, 2.45) is 11.8 Å². The molecule has 106 valence electrons. The molecule has 0 bridgehead atoms. The smallest absolute Gasteiger partial charge is 0.0553 e. The third-order valence-electron chi connectivity index (χ3n) is 4.66. The minimum Gasteiger partial charge on any atom is -0.393 e. The Morgan fingerprint density at radius 1 is 1.33 bits per heavy atom. The van der Waals surface area contributed by atoms with Gasteiger partial charge in [-0.25, -0.2) is 0 Å². The van der Waals surface area contributed by atoms with E-state index in [0.717, 1.165) is 25.4 Å². The van der Waals surface area contributed by atoms with Crippen LogP contribution in [0.5, 0.6) is 0 Å². The average molecular weight is 254 g/mol. The molecule has 3 unspecified atom stereocenters. The van der Waals surface area contributed by atoms with Crippen molar-refractivity contribution in [2.45, 2.75) is 58.1 Å². The van der Waals surface area contributed by atoms with E-state index < -0.39 is 0 Å². The van der Waals surface area contributed by atoms with Gasteiger partial charge in [-0.05, 0) is 51.0 Å². The summed E-state index contributed by atoms with van der Waals surface area (Å²) in [6.45, 7) is 8.81. The lowest BCUT2D eigenvalue weighted by molar-refractivity contribution is 0.0353. The maximum absolute atomic E-state index is 9.89. The molecule has 0 amide bonds. The van der Waals surface area contributed by atoms with Crippen molar-refractivity contribution >= 4 is 0 Å². The van der Waals surface area contributed by atoms with Gasteiger partial charge in [0.2, 0.25) is 0 Å². The highest BCUT2D eigenvalue weighted by molar-refractivity contribution is 4.87. The van der Waals surface area contributed by atoms with Crippen LogP contribution < -0.4 is 5.32 Å². The third-order valence-corrected chi connectivity index (χ3v) is 4.66. The summed E-state index contributed by atoms with van der Waals surface area (Å²) in [6.07, 6.45) is 6.43. The van der Waals surface area contributed by atoms with E-state index in [9.17, 15) is 5.11 Å². The normalized spacial score (nSPS) is 32.2. The number of hydrogen-bond acceptors (Lipinski definition) is 3. The second-order valence-electron chi connectivity index (χ2n) is 6.40. The Morgan fingerprint density at radius 2 is 2.11 bits per heavy atom. The standard InChI is InChI=1S/C15H30N2O/c1-3-7-16-15-8-14(12(2)18)10-17(11-15)9-13-5-4-6-13/h12-16,18H,3-11H2,1-2H3. The molecule has 1 saturated carbocycles. The molecule has 2 N–H and O–H groups in total. The minimum atomic E-state index is -0.167. The molecule has 1 heterocycles. The summed E-state index contributed by atoms with van der Waals surface area (Å²) in [6, 6.07) is 0.582. The van der Waals surface area contributed by atoms with Crippen LogP contribution in [0.4, 0.5) is 0 Å². The van der Waals surface area contributed by atoms with E-state index >= 15 is 0 Å². The predicted molar refractivity (Wildman–Crippen MR) is 75.7 cm³/mol. The quantitative estimate of drug-likeness (QED) is 0.759. The summed E-state index contributed by atoms with van der Waals surface area (Å²) in [4.78, 5) is 2.60. The van der Waals surface area contributed by atoms with Crippen molar-refractivity contribution < 1.29 is 5.11 Å². The van der Waals surface area contributed by atoms with Crippen LogP contribution in [0.15, 0.2) is 0 Å². The molecule has 3 nitrogen and oxygen atoms in total. The molecule has 2 fully saturated rings. The Labute approximate surface area is 112 Å². The lowest BCUT2D eigenvalue weighted by atomic mass is 9.83. The van der Waals surface area contributed by atoms with Crippen molar-refractivity contribution in [1.82, 2.24) is 10.2 Å². The van der Waals surface area contributed by atoms with Gasteiger partial charge in [0.25, 0.3) is 0 Å². The topological polar surface area (TPSA) is 35.5 Å². The fourth-order valence-corrected chi connectivity index (χ4v) is 3.27. The molecule has 1 aliphatic carbocycles. The number of rotatable bonds is 6. The SMILES string of the molecule is CCCNC1CC(C(C)O)CN(CC2CCC2)C1. The summed E-state index contributed by atoms with van der Waals surface area (Å²) in [5.41, 5.74) is 0. The molecule has 0 radical (unpaired) electrons. The van der Waals surface area contributed by atoms with Crippen LogP contribution in [0.1, 0.15) is 46.0 Å². The number of piperidine rings is 1. The molecule has 0 aromatic rings. The van der Waals surface area contributed by atoms with Crippen molar-refractivity contribution in [3.8, 4) is 0 Å². The van der Waals surface area contributed by atoms with Gasteiger partial charge in [0.15, 0.2) is 0 Å². The largest absolute Gasteiger partial charge is 0.393 e. The first-order chi connectivity index (χ1) is 8.69. The van der Waals surface area contributed by atoms with Gasteiger partial charge in [0.1, 0.15) is 0 Å². The summed E-state index contributed by atoms with van der Waals surface area (Å²) < 4.78 is 0. The van der Waals surface area contributed by atoms with E-state index in [0.29, 0.717) is 12.0 Å². The molecule has 0 aromatic heterocycles. The second-order valence-corrected chi connectivity index (χ2v) is 6.40. The van der Waals surface area contributed by atoms with Gasteiger partial charge in [0.05, 0.1) is 6.10 Å². The first kappa shape index (κ1) is 14.3. The highest BCUT2D eigenvalue weighted by Crippen LogP contribution is 2.29. The highest BCUT2D eigenvalue weighted by Gasteiger charge is 2.31. The van der Waals surface area contributed by atoms with Gasteiger partial charge in [-0.3, -0.25) is 0 Å². The fourth-order valence-electron chi connectivity index (χ4n) is 3.27. The Kier molecular flexibility index (Phi) is 5.46. The summed E-state index contributed by atoms with van der Waals surface area (Å²) in [5.74, 6) is 1.39. The van der Waals surface area contributed by atoms with Crippen molar-refractivity contribution in [3.05, 3.63) is 0 Å². The van der Waals surface area contributed by atoms with Crippen LogP contribution >= 0.6 is 0 Å². The summed E-state index contributed by atoms with van der Waals surface area (Å²) >= 11 is 0. The van der Waals surface area contributed by atoms with Gasteiger partial charge in [0, 0.05) is 25.7 Å². The average Bonchev–Trinajstić information content (AvgIpc) is 2.31. The maximum atomic E-state index is 9.89. The summed E-state index contributed by atoms with van der Waals surface area (Å²) in [5, 5.41) is 13.5. The zero-order chi connectivity index (χ0) is 13.0. The molecule has 0 spiro atoms. The van der Waals surface area contributed by atoms with Crippen molar-refractivity contribution in [3.63, 3.8) is 0 Å². The number of nitrogens with zero attached hydrogens (tertiary/aromatic N) is 1. The number of aliphatic hydroxyl groups is 1. The van der Waals surface area contributed by atoms with Crippen LogP contribution in [-0.4, -0.2) is 48.3 Å². The Hall–Kier alpha value is -0.120. The lowest BCUT2D eigenvalue weighted by Gasteiger charge is -2.42. The van der Waals surface area contributed by atoms with Crippen LogP contribution in [0.2, 0.25) is 0 Å². The van der Waals surface area contributed by atoms with Crippen LogP contribution in [-0.2, 0) is 0 Å². The van der Waals surface area contributed by atoms with Gasteiger partial charge in [-0.2, -0.15) is 0 Å². The molecule has 2 aliphatic rings. The Morgan fingerprint density at radius 3 is 2.67 bits per heavy atom. The van der Waals surface area contributed by atoms with Gasteiger partial charge < -0.3 is 15.3 Å². The van der Waals surface area contributed by atoms with Crippen molar-refractivity contribution in [1.29, 1.82) is 0 Å². The zero-order valence-corrected chi connectivity index (χ0v) is 12.1. The maximum Gasteiger partial charge on any atom is 0.0553 e. The minimum absolute atomic E-state index is 0.167. The van der Waals surface area contributed by atoms with Crippen molar-refractivity contribution in [2.75, 3.05) is 26.2 Å². The first-order valence-corrected chi connectivity index (χ1v) is 7.82. The van der Waals surface area contributed by atoms with Gasteiger partial charge >= 0.3 is 0 Å². The molecule has 1 saturated heterocycles. The molecule has 18 heavy (non-hydrogen) atoms.